The Morgan fingerprint density at radius 1 is 1.40 bits per heavy atom. The minimum atomic E-state index is -0.913. The minimum absolute atomic E-state index is 0.292. The van der Waals surface area contributed by atoms with Crippen molar-refractivity contribution in [2.45, 2.75) is 6.54 Å². The van der Waals surface area contributed by atoms with E-state index in [0.717, 1.165) is 5.56 Å². The van der Waals surface area contributed by atoms with Crippen LogP contribution in [0.2, 0.25) is 0 Å². The van der Waals surface area contributed by atoms with Gasteiger partial charge in [0, 0.05) is 18.1 Å². The topological polar surface area (TPSA) is 49.3 Å². The molecule has 0 saturated heterocycles. The number of carboxylic acid groups (broad SMARTS) is 1. The van der Waals surface area contributed by atoms with Gasteiger partial charge in [-0.05, 0) is 17.7 Å². The highest BCUT2D eigenvalue weighted by Crippen LogP contribution is 2.04. The van der Waals surface area contributed by atoms with Crippen LogP contribution in [0.25, 0.3) is 0 Å². The Kier molecular flexibility index (Phi) is 4.34. The van der Waals surface area contributed by atoms with E-state index in [-0.39, 0.29) is 0 Å². The summed E-state index contributed by atoms with van der Waals surface area (Å²) in [7, 11) is 0. The predicted molar refractivity (Wildman–Crippen MR) is 60.1 cm³/mol. The van der Waals surface area contributed by atoms with E-state index in [1.807, 2.05) is 0 Å². The quantitative estimate of drug-likeness (QED) is 0.808. The molecule has 1 aromatic rings. The lowest BCUT2D eigenvalue weighted by molar-refractivity contribution is 0.0697. The monoisotopic (exact) mass is 225 g/mol. The zero-order valence-corrected chi connectivity index (χ0v) is 8.92. The van der Waals surface area contributed by atoms with Gasteiger partial charge in [0.2, 0.25) is 0 Å². The van der Waals surface area contributed by atoms with E-state index in [9.17, 15) is 4.79 Å². The summed E-state index contributed by atoms with van der Waals surface area (Å²) in [6.45, 7) is 4.74. The lowest BCUT2D eigenvalue weighted by Crippen LogP contribution is -2.14. The van der Waals surface area contributed by atoms with E-state index in [4.69, 9.17) is 16.7 Å². The first-order valence-corrected chi connectivity index (χ1v) is 4.83. The zero-order valence-electron chi connectivity index (χ0n) is 8.16. The second-order valence-electron chi connectivity index (χ2n) is 3.12. The number of benzene rings is 1. The molecule has 1 aromatic carbocycles. The van der Waals surface area contributed by atoms with Gasteiger partial charge in [0.25, 0.3) is 0 Å². The molecular formula is C11H12ClNO2. The molecule has 2 N–H and O–H groups in total. The Morgan fingerprint density at radius 3 is 2.47 bits per heavy atom. The molecule has 0 unspecified atom stereocenters. The number of carboxylic acids is 1. The van der Waals surface area contributed by atoms with E-state index in [2.05, 4.69) is 11.9 Å². The maximum Gasteiger partial charge on any atom is 0.335 e. The fourth-order valence-corrected chi connectivity index (χ4v) is 1.20. The van der Waals surface area contributed by atoms with Crippen LogP contribution in [0.15, 0.2) is 35.9 Å². The van der Waals surface area contributed by atoms with E-state index >= 15 is 0 Å². The number of hydrogen-bond donors (Lipinski definition) is 2. The molecule has 80 valence electrons. The summed E-state index contributed by atoms with van der Waals surface area (Å²) in [6, 6.07) is 6.70. The third-order valence-corrected chi connectivity index (χ3v) is 1.98. The number of nitrogens with one attached hydrogen (secondary N) is 1. The van der Waals surface area contributed by atoms with Crippen molar-refractivity contribution < 1.29 is 9.90 Å². The van der Waals surface area contributed by atoms with Crippen molar-refractivity contribution in [1.29, 1.82) is 0 Å². The van der Waals surface area contributed by atoms with Gasteiger partial charge in [-0.3, -0.25) is 0 Å². The van der Waals surface area contributed by atoms with E-state index < -0.39 is 5.97 Å². The lowest BCUT2D eigenvalue weighted by atomic mass is 10.1. The van der Waals surface area contributed by atoms with Crippen molar-refractivity contribution >= 4 is 17.6 Å². The smallest absolute Gasteiger partial charge is 0.335 e. The van der Waals surface area contributed by atoms with Crippen LogP contribution in [0.1, 0.15) is 15.9 Å². The van der Waals surface area contributed by atoms with Crippen LogP contribution in [0.3, 0.4) is 0 Å². The molecule has 0 aliphatic carbocycles. The third-order valence-electron chi connectivity index (χ3n) is 1.85. The largest absolute Gasteiger partial charge is 0.478 e. The van der Waals surface area contributed by atoms with Gasteiger partial charge in [0.15, 0.2) is 0 Å². The Bertz CT molecular complexity index is 359. The molecule has 0 aliphatic rings. The van der Waals surface area contributed by atoms with Gasteiger partial charge in [-0.25, -0.2) is 4.79 Å². The van der Waals surface area contributed by atoms with Gasteiger partial charge in [0.05, 0.1) is 5.56 Å². The molecule has 0 aromatic heterocycles. The van der Waals surface area contributed by atoms with Crippen molar-refractivity contribution in [3.8, 4) is 0 Å². The van der Waals surface area contributed by atoms with Gasteiger partial charge in [-0.2, -0.15) is 0 Å². The molecule has 1 rings (SSSR count). The van der Waals surface area contributed by atoms with Crippen LogP contribution in [-0.4, -0.2) is 17.6 Å². The molecule has 15 heavy (non-hydrogen) atoms. The number of aromatic carboxylic acids is 1. The standard InChI is InChI=1S/C11H12ClNO2/c1-8(12)6-13-7-9-2-4-10(5-3-9)11(14)15/h2-5,13H,1,6-7H2,(H,14,15). The Balaban J connectivity index is 2.50. The fourth-order valence-electron chi connectivity index (χ4n) is 1.11. The van der Waals surface area contributed by atoms with Crippen molar-refractivity contribution in [2.24, 2.45) is 0 Å². The summed E-state index contributed by atoms with van der Waals surface area (Å²) < 4.78 is 0. The van der Waals surface area contributed by atoms with Gasteiger partial charge in [0.1, 0.15) is 0 Å². The molecule has 4 heteroatoms. The molecule has 3 nitrogen and oxygen atoms in total. The highest BCUT2D eigenvalue weighted by molar-refractivity contribution is 6.29. The fraction of sp³-hybridized carbons (Fsp3) is 0.182. The SMILES string of the molecule is C=C(Cl)CNCc1ccc(C(=O)O)cc1. The summed E-state index contributed by atoms with van der Waals surface area (Å²) in [5, 5.41) is 12.3. The van der Waals surface area contributed by atoms with Gasteiger partial charge in [-0.15, -0.1) is 0 Å². The summed E-state index contributed by atoms with van der Waals surface area (Å²) in [4.78, 5) is 10.6. The van der Waals surface area contributed by atoms with E-state index in [1.165, 1.54) is 0 Å². The van der Waals surface area contributed by atoms with Crippen molar-refractivity contribution in [2.75, 3.05) is 6.54 Å². The zero-order chi connectivity index (χ0) is 11.3. The maximum absolute atomic E-state index is 10.6. The molecular weight excluding hydrogens is 214 g/mol. The van der Waals surface area contributed by atoms with E-state index in [0.29, 0.717) is 23.7 Å². The molecule has 0 spiro atoms. The third kappa shape index (κ3) is 4.14. The normalized spacial score (nSPS) is 9.93. The summed E-state index contributed by atoms with van der Waals surface area (Å²) >= 11 is 5.58. The van der Waals surface area contributed by atoms with Crippen LogP contribution < -0.4 is 5.32 Å². The minimum Gasteiger partial charge on any atom is -0.478 e. The van der Waals surface area contributed by atoms with Crippen molar-refractivity contribution in [1.82, 2.24) is 5.32 Å². The van der Waals surface area contributed by atoms with Crippen molar-refractivity contribution in [3.63, 3.8) is 0 Å². The Morgan fingerprint density at radius 2 is 2.00 bits per heavy atom. The van der Waals surface area contributed by atoms with Crippen LogP contribution >= 0.6 is 11.6 Å². The average Bonchev–Trinajstić information content (AvgIpc) is 2.18. The van der Waals surface area contributed by atoms with Gasteiger partial charge >= 0.3 is 5.97 Å². The highest BCUT2D eigenvalue weighted by Gasteiger charge is 2.01. The first kappa shape index (κ1) is 11.8. The molecule has 0 radical (unpaired) electrons. The molecule has 0 saturated carbocycles. The number of carbonyl (C=O) groups is 1. The van der Waals surface area contributed by atoms with Crippen LogP contribution in [0.5, 0.6) is 0 Å². The molecule has 0 fully saturated rings. The van der Waals surface area contributed by atoms with E-state index in [1.54, 1.807) is 24.3 Å². The Labute approximate surface area is 93.4 Å². The van der Waals surface area contributed by atoms with Crippen molar-refractivity contribution in [3.05, 3.63) is 47.0 Å². The molecule has 0 bridgehead atoms. The van der Waals surface area contributed by atoms with Gasteiger partial charge < -0.3 is 10.4 Å². The lowest BCUT2D eigenvalue weighted by Gasteiger charge is -2.03. The van der Waals surface area contributed by atoms with Crippen LogP contribution in [0.4, 0.5) is 0 Å². The molecule has 0 amide bonds. The number of hydrogen-bond acceptors (Lipinski definition) is 2. The van der Waals surface area contributed by atoms with Crippen LogP contribution in [-0.2, 0) is 6.54 Å². The number of halogens is 1. The number of rotatable bonds is 5. The van der Waals surface area contributed by atoms with Crippen LogP contribution in [0, 0.1) is 0 Å². The molecule has 0 atom stereocenters. The first-order valence-electron chi connectivity index (χ1n) is 4.46. The second-order valence-corrected chi connectivity index (χ2v) is 3.66. The summed E-state index contributed by atoms with van der Waals surface area (Å²) in [5.74, 6) is -0.913. The second kappa shape index (κ2) is 5.53. The summed E-state index contributed by atoms with van der Waals surface area (Å²) in [5.41, 5.74) is 1.30. The molecule has 0 heterocycles. The summed E-state index contributed by atoms with van der Waals surface area (Å²) in [6.07, 6.45) is 0. The predicted octanol–water partition coefficient (Wildman–Crippen LogP) is 2.23. The average molecular weight is 226 g/mol. The highest BCUT2D eigenvalue weighted by atomic mass is 35.5. The Hall–Kier alpha value is -1.32. The van der Waals surface area contributed by atoms with Gasteiger partial charge in [-0.1, -0.05) is 30.3 Å². The molecule has 0 aliphatic heterocycles. The maximum atomic E-state index is 10.6. The first-order chi connectivity index (χ1) is 7.09.